The van der Waals surface area contributed by atoms with E-state index in [1.165, 1.54) is 11.3 Å². The van der Waals surface area contributed by atoms with E-state index in [1.807, 2.05) is 47.9 Å². The number of amides is 2. The number of aromatic nitrogens is 2. The maximum Gasteiger partial charge on any atom is 0.304 e. The molecule has 2 aliphatic heterocycles. The van der Waals surface area contributed by atoms with Gasteiger partial charge in [0.25, 0.3) is 0 Å². The molecular weight excluding hydrogens is 512 g/mol. The van der Waals surface area contributed by atoms with Crippen LogP contribution in [-0.4, -0.2) is 45.9 Å². The molecule has 3 aliphatic rings. The molecule has 0 spiro atoms. The quantitative estimate of drug-likeness (QED) is 0.401. The minimum absolute atomic E-state index is 0.0548. The molecule has 2 aromatic heterocycles. The highest BCUT2D eigenvalue weighted by molar-refractivity contribution is 7.14. The van der Waals surface area contributed by atoms with Gasteiger partial charge in [-0.25, -0.2) is 9.97 Å². The second-order valence-electron chi connectivity index (χ2n) is 10.5. The van der Waals surface area contributed by atoms with Crippen molar-refractivity contribution in [2.45, 2.75) is 38.5 Å². The summed E-state index contributed by atoms with van der Waals surface area (Å²) >= 11 is 1.39. The Balaban J connectivity index is 1.29. The molecule has 0 bridgehead atoms. The predicted octanol–water partition coefficient (Wildman–Crippen LogP) is 5.41. The van der Waals surface area contributed by atoms with Crippen LogP contribution in [0.25, 0.3) is 22.4 Å². The Hall–Kier alpha value is -3.85. The lowest BCUT2D eigenvalue weighted by Gasteiger charge is -2.31. The third-order valence-electron chi connectivity index (χ3n) is 7.92. The summed E-state index contributed by atoms with van der Waals surface area (Å²) in [5, 5.41) is 12.1. The predicted molar refractivity (Wildman–Crippen MR) is 150 cm³/mol. The van der Waals surface area contributed by atoms with E-state index in [4.69, 9.17) is 4.98 Å². The van der Waals surface area contributed by atoms with Crippen LogP contribution < -0.4 is 9.80 Å². The van der Waals surface area contributed by atoms with Gasteiger partial charge in [-0.1, -0.05) is 36.4 Å². The number of rotatable bonds is 7. The number of anilines is 2. The fraction of sp³-hybridized carbons (Fsp3) is 0.367. The number of carboxylic acids is 1. The first-order chi connectivity index (χ1) is 19.0. The maximum atomic E-state index is 13.7. The van der Waals surface area contributed by atoms with E-state index in [-0.39, 0.29) is 24.2 Å². The smallest absolute Gasteiger partial charge is 0.304 e. The topological polar surface area (TPSA) is 104 Å². The number of hydrogen-bond donors (Lipinski definition) is 1. The molecule has 2 atom stereocenters. The number of aliphatic carboxylic acids is 1. The van der Waals surface area contributed by atoms with Gasteiger partial charge in [0, 0.05) is 42.2 Å². The zero-order valence-corrected chi connectivity index (χ0v) is 22.3. The first-order valence-electron chi connectivity index (χ1n) is 13.5. The molecule has 2 amide bonds. The Kier molecular flexibility index (Phi) is 6.99. The molecule has 0 radical (unpaired) electrons. The van der Waals surface area contributed by atoms with Gasteiger partial charge in [0.2, 0.25) is 11.8 Å². The summed E-state index contributed by atoms with van der Waals surface area (Å²) in [5.74, 6) is -0.391. The molecule has 8 nitrogen and oxygen atoms in total. The number of nitrogens with zero attached hydrogens (tertiary/aromatic N) is 4. The molecular formula is C30H30N4O4S. The van der Waals surface area contributed by atoms with Crippen molar-refractivity contribution in [3.63, 3.8) is 0 Å². The molecule has 4 heterocycles. The van der Waals surface area contributed by atoms with Crippen molar-refractivity contribution in [2.24, 2.45) is 17.8 Å². The first-order valence-corrected chi connectivity index (χ1v) is 14.4. The number of carbonyl (C=O) groups is 3. The van der Waals surface area contributed by atoms with Crippen LogP contribution in [-0.2, 0) is 14.4 Å². The molecule has 6 rings (SSSR count). The molecule has 1 aliphatic carbocycles. The number of carbonyl (C=O) groups excluding carboxylic acids is 2. The van der Waals surface area contributed by atoms with Crippen LogP contribution in [0, 0.1) is 17.8 Å². The number of hydrogen-bond acceptors (Lipinski definition) is 6. The van der Waals surface area contributed by atoms with Gasteiger partial charge in [0.05, 0.1) is 18.0 Å². The van der Waals surface area contributed by atoms with Crippen molar-refractivity contribution in [2.75, 3.05) is 22.9 Å². The Morgan fingerprint density at radius 1 is 1.05 bits per heavy atom. The van der Waals surface area contributed by atoms with E-state index in [2.05, 4.69) is 11.1 Å². The van der Waals surface area contributed by atoms with E-state index in [1.54, 1.807) is 16.0 Å². The summed E-state index contributed by atoms with van der Waals surface area (Å²) in [6.45, 7) is 1.07. The average molecular weight is 543 g/mol. The maximum absolute atomic E-state index is 13.7. The highest BCUT2D eigenvalue weighted by Crippen LogP contribution is 2.45. The van der Waals surface area contributed by atoms with Crippen molar-refractivity contribution < 1.29 is 19.5 Å². The van der Waals surface area contributed by atoms with E-state index < -0.39 is 11.9 Å². The number of benzene rings is 1. The Morgan fingerprint density at radius 3 is 2.56 bits per heavy atom. The number of thiazole rings is 1. The van der Waals surface area contributed by atoms with E-state index in [0.717, 1.165) is 48.1 Å². The summed E-state index contributed by atoms with van der Waals surface area (Å²) in [6.07, 6.45) is 10.00. The largest absolute Gasteiger partial charge is 0.481 e. The Bertz CT molecular complexity index is 1430. The Morgan fingerprint density at radius 2 is 1.87 bits per heavy atom. The third-order valence-corrected chi connectivity index (χ3v) is 8.78. The van der Waals surface area contributed by atoms with Crippen molar-refractivity contribution in [3.8, 4) is 22.4 Å². The van der Waals surface area contributed by atoms with E-state index in [9.17, 15) is 19.5 Å². The molecule has 39 heavy (non-hydrogen) atoms. The fourth-order valence-corrected chi connectivity index (χ4v) is 6.62. The zero-order valence-electron chi connectivity index (χ0n) is 21.5. The molecule has 0 unspecified atom stereocenters. The normalized spacial score (nSPS) is 22.6. The van der Waals surface area contributed by atoms with Gasteiger partial charge in [-0.05, 0) is 55.2 Å². The van der Waals surface area contributed by atoms with Gasteiger partial charge in [-0.2, -0.15) is 0 Å². The third kappa shape index (κ3) is 5.23. The van der Waals surface area contributed by atoms with Crippen LogP contribution in [0.2, 0.25) is 0 Å². The summed E-state index contributed by atoms with van der Waals surface area (Å²) in [4.78, 5) is 50.3. The van der Waals surface area contributed by atoms with Gasteiger partial charge >= 0.3 is 5.97 Å². The second kappa shape index (κ2) is 10.7. The van der Waals surface area contributed by atoms with Crippen LogP contribution in [0.4, 0.5) is 10.9 Å². The van der Waals surface area contributed by atoms with Crippen molar-refractivity contribution in [1.29, 1.82) is 0 Å². The lowest BCUT2D eigenvalue weighted by molar-refractivity contribution is -0.141. The monoisotopic (exact) mass is 542 g/mol. The van der Waals surface area contributed by atoms with Crippen LogP contribution in [0.5, 0.6) is 0 Å². The molecule has 3 aromatic rings. The van der Waals surface area contributed by atoms with Crippen LogP contribution in [0.3, 0.4) is 0 Å². The Labute approximate surface area is 231 Å². The second-order valence-corrected chi connectivity index (χ2v) is 11.3. The standard InChI is InChI=1S/C30H30N4O4S/c35-27-9-5-15-33(27)26-13-12-20(17-31-26)22-6-1-2-8-23(22)25-18-39-30(32-25)34-14-4-3-7-21(19-10-11-19)24(29(34)38)16-28(36)37/h1-4,6,8,12-13,17-19,21,24H,5,7,9-11,14-16H2,(H,36,37)/b4-3-/t21-,24+/m1/s1. The fourth-order valence-electron chi connectivity index (χ4n) is 5.78. The van der Waals surface area contributed by atoms with Crippen molar-refractivity contribution >= 4 is 40.1 Å². The van der Waals surface area contributed by atoms with Crippen molar-refractivity contribution in [1.82, 2.24) is 9.97 Å². The van der Waals surface area contributed by atoms with Crippen LogP contribution in [0.15, 0.2) is 60.1 Å². The molecule has 1 aromatic carbocycles. The highest BCUT2D eigenvalue weighted by atomic mass is 32.1. The SMILES string of the molecule is O=C(O)C[C@@H]1C(=O)N(c2nc(-c3ccccc3-c3ccc(N4CCCC4=O)nc3)cs2)C/C=C\C[C@@H]1C1CC1. The number of allylic oxidation sites excluding steroid dienone is 1. The van der Waals surface area contributed by atoms with E-state index >= 15 is 0 Å². The summed E-state index contributed by atoms with van der Waals surface area (Å²) in [7, 11) is 0. The van der Waals surface area contributed by atoms with Gasteiger partial charge in [-0.3, -0.25) is 24.2 Å². The lowest BCUT2D eigenvalue weighted by atomic mass is 9.81. The summed E-state index contributed by atoms with van der Waals surface area (Å²) in [5.41, 5.74) is 3.53. The minimum atomic E-state index is -0.939. The van der Waals surface area contributed by atoms with Crippen LogP contribution >= 0.6 is 11.3 Å². The summed E-state index contributed by atoms with van der Waals surface area (Å²) < 4.78 is 0. The first kappa shape index (κ1) is 25.4. The van der Waals surface area contributed by atoms with Gasteiger partial charge in [-0.15, -0.1) is 11.3 Å². The van der Waals surface area contributed by atoms with Gasteiger partial charge in [0.15, 0.2) is 5.13 Å². The molecule has 2 fully saturated rings. The van der Waals surface area contributed by atoms with Gasteiger partial charge < -0.3 is 5.11 Å². The molecule has 1 saturated carbocycles. The average Bonchev–Trinajstić information content (AvgIpc) is 3.50. The van der Waals surface area contributed by atoms with E-state index in [0.29, 0.717) is 36.4 Å². The minimum Gasteiger partial charge on any atom is -0.481 e. The molecule has 1 N–H and O–H groups in total. The highest BCUT2D eigenvalue weighted by Gasteiger charge is 2.42. The van der Waals surface area contributed by atoms with Crippen molar-refractivity contribution in [3.05, 3.63) is 60.1 Å². The molecule has 9 heteroatoms. The molecule has 1 saturated heterocycles. The number of pyridine rings is 1. The van der Waals surface area contributed by atoms with Gasteiger partial charge in [0.1, 0.15) is 5.82 Å². The molecule has 200 valence electrons. The zero-order chi connectivity index (χ0) is 26.9. The number of carboxylic acid groups (broad SMARTS) is 1. The lowest BCUT2D eigenvalue weighted by Crippen LogP contribution is -2.42. The summed E-state index contributed by atoms with van der Waals surface area (Å²) in [6, 6.07) is 11.8. The van der Waals surface area contributed by atoms with Crippen LogP contribution in [0.1, 0.15) is 38.5 Å².